The van der Waals surface area contributed by atoms with Gasteiger partial charge in [0.2, 0.25) is 0 Å². The highest BCUT2D eigenvalue weighted by molar-refractivity contribution is 7.47. The van der Waals surface area contributed by atoms with Crippen molar-refractivity contribution in [3.8, 4) is 0 Å². The minimum absolute atomic E-state index is 0.0904. The van der Waals surface area contributed by atoms with E-state index in [4.69, 9.17) is 18.5 Å². The molecular weight excluding hydrogens is 731 g/mol. The number of unbranched alkanes of at least 4 members (excludes halogenated alkanes) is 21. The molecule has 0 aromatic carbocycles. The summed E-state index contributed by atoms with van der Waals surface area (Å²) in [5.41, 5.74) is 0. The Hall–Kier alpha value is -1.41. The van der Waals surface area contributed by atoms with Crippen molar-refractivity contribution in [2.45, 2.75) is 224 Å². The van der Waals surface area contributed by atoms with Crippen molar-refractivity contribution < 1.29 is 63.1 Å². The second-order valence-electron chi connectivity index (χ2n) is 15.2. The third kappa shape index (κ3) is 25.5. The summed E-state index contributed by atoms with van der Waals surface area (Å²) in [5.74, 6) is -1.10. The zero-order valence-electron chi connectivity index (χ0n) is 34.0. The van der Waals surface area contributed by atoms with Crippen LogP contribution in [0.2, 0.25) is 0 Å². The average molecular weight is 809 g/mol. The number of carbonyl (C=O) groups is 2. The normalized spacial score (nSPS) is 23.1. The fourth-order valence-electron chi connectivity index (χ4n) is 6.58. The van der Waals surface area contributed by atoms with E-state index in [1.54, 1.807) is 0 Å². The maximum atomic E-state index is 12.8. The number of phosphoric ester groups is 1. The molecule has 1 fully saturated rings. The van der Waals surface area contributed by atoms with E-state index in [0.717, 1.165) is 57.8 Å². The van der Waals surface area contributed by atoms with Crippen LogP contribution in [-0.2, 0) is 32.7 Å². The Kier molecular flexibility index (Phi) is 30.5. The summed E-state index contributed by atoms with van der Waals surface area (Å²) in [6.07, 6.45) is 18.5. The van der Waals surface area contributed by atoms with Crippen LogP contribution in [0.15, 0.2) is 12.2 Å². The number of allylic oxidation sites excluding steroid dienone is 2. The highest BCUT2D eigenvalue weighted by Gasteiger charge is 2.51. The van der Waals surface area contributed by atoms with Gasteiger partial charge in [0.15, 0.2) is 6.10 Å². The van der Waals surface area contributed by atoms with E-state index >= 15 is 0 Å². The lowest BCUT2D eigenvalue weighted by atomic mass is 9.85. The topological polar surface area (TPSA) is 210 Å². The molecule has 14 heteroatoms. The predicted molar refractivity (Wildman–Crippen MR) is 212 cm³/mol. The van der Waals surface area contributed by atoms with Crippen molar-refractivity contribution in [1.29, 1.82) is 0 Å². The molecule has 0 spiro atoms. The van der Waals surface area contributed by atoms with Gasteiger partial charge in [-0.25, -0.2) is 4.57 Å². The molecule has 0 aromatic rings. The number of hydrogen-bond acceptors (Lipinski definition) is 12. The molecule has 324 valence electrons. The molecule has 1 rings (SSSR count). The molecule has 0 bridgehead atoms. The molecular formula is C41H77O13P. The molecule has 0 saturated heterocycles. The highest BCUT2D eigenvalue weighted by atomic mass is 31.2. The van der Waals surface area contributed by atoms with Crippen LogP contribution in [0.4, 0.5) is 0 Å². The van der Waals surface area contributed by atoms with E-state index in [2.05, 4.69) is 26.0 Å². The fraction of sp³-hybridized carbons (Fsp3) is 0.902. The number of aliphatic hydroxyl groups excluding tert-OH is 5. The molecule has 55 heavy (non-hydrogen) atoms. The molecule has 0 amide bonds. The van der Waals surface area contributed by atoms with Crippen LogP contribution < -0.4 is 0 Å². The van der Waals surface area contributed by atoms with E-state index in [9.17, 15) is 44.6 Å². The van der Waals surface area contributed by atoms with Crippen molar-refractivity contribution in [3.63, 3.8) is 0 Å². The summed E-state index contributed by atoms with van der Waals surface area (Å²) in [4.78, 5) is 35.5. The van der Waals surface area contributed by atoms with E-state index < -0.39 is 75.7 Å². The van der Waals surface area contributed by atoms with Crippen LogP contribution in [0.25, 0.3) is 0 Å². The maximum Gasteiger partial charge on any atom is 0.472 e. The Labute approximate surface area is 331 Å². The number of rotatable bonds is 35. The largest absolute Gasteiger partial charge is 0.472 e. The SMILES string of the molecule is CCCCCCC/C=C/CCCCCCCC(=O)O[C@H](COC(=O)CCCCCCCCCCCCCC)COP(=O)(O)OC1C(O)C(O)C(O)[C@@H](O)C1O. The van der Waals surface area contributed by atoms with Crippen molar-refractivity contribution in [1.82, 2.24) is 0 Å². The lowest BCUT2D eigenvalue weighted by Gasteiger charge is -2.41. The smallest absolute Gasteiger partial charge is 0.462 e. The lowest BCUT2D eigenvalue weighted by molar-refractivity contribution is -0.220. The molecule has 8 atom stereocenters. The first-order chi connectivity index (χ1) is 26.4. The summed E-state index contributed by atoms with van der Waals surface area (Å²) < 4.78 is 33.4. The maximum absolute atomic E-state index is 12.8. The van der Waals surface area contributed by atoms with Crippen molar-refractivity contribution in [3.05, 3.63) is 12.2 Å². The van der Waals surface area contributed by atoms with Crippen LogP contribution in [0.3, 0.4) is 0 Å². The Morgan fingerprint density at radius 2 is 0.927 bits per heavy atom. The van der Waals surface area contributed by atoms with Crippen LogP contribution in [0, 0.1) is 0 Å². The second kappa shape index (κ2) is 32.5. The summed E-state index contributed by atoms with van der Waals surface area (Å²) in [7, 11) is -5.11. The van der Waals surface area contributed by atoms with Crippen molar-refractivity contribution in [2.75, 3.05) is 13.2 Å². The zero-order chi connectivity index (χ0) is 40.7. The van der Waals surface area contributed by atoms with E-state index in [1.165, 1.54) is 83.5 Å². The standard InChI is InChI=1S/C41H77O13P/c1-3-5-7-9-11-13-15-17-18-20-22-24-26-28-30-35(43)53-33(31-51-34(42)29-27-25-23-21-19-16-14-12-10-8-6-4-2)32-52-55(49,50)54-41-39(47)37(45)36(44)38(46)40(41)48/h15,17,33,36-41,44-48H,3-14,16,18-32H2,1-2H3,(H,49,50)/b17-15+/t33-,36?,37-,38?,39?,40?,41?/m1/s1. The van der Waals surface area contributed by atoms with Gasteiger partial charge in [0.05, 0.1) is 6.61 Å². The summed E-state index contributed by atoms with van der Waals surface area (Å²) >= 11 is 0. The van der Waals surface area contributed by atoms with Gasteiger partial charge in [-0.1, -0.05) is 142 Å². The third-order valence-electron chi connectivity index (χ3n) is 10.1. The van der Waals surface area contributed by atoms with Crippen LogP contribution in [-0.4, -0.2) is 98.3 Å². The summed E-state index contributed by atoms with van der Waals surface area (Å²) in [6, 6.07) is 0. The van der Waals surface area contributed by atoms with Gasteiger partial charge in [-0.3, -0.25) is 18.6 Å². The monoisotopic (exact) mass is 809 g/mol. The number of esters is 2. The van der Waals surface area contributed by atoms with Gasteiger partial charge in [0.1, 0.15) is 43.2 Å². The number of aliphatic hydroxyl groups is 5. The first-order valence-electron chi connectivity index (χ1n) is 21.5. The molecule has 6 N–H and O–H groups in total. The zero-order valence-corrected chi connectivity index (χ0v) is 34.9. The summed E-state index contributed by atoms with van der Waals surface area (Å²) in [5, 5.41) is 50.0. The average Bonchev–Trinajstić information content (AvgIpc) is 3.16. The minimum Gasteiger partial charge on any atom is -0.462 e. The highest BCUT2D eigenvalue weighted by Crippen LogP contribution is 2.47. The van der Waals surface area contributed by atoms with E-state index in [1.807, 2.05) is 0 Å². The van der Waals surface area contributed by atoms with Gasteiger partial charge >= 0.3 is 19.8 Å². The number of carbonyl (C=O) groups excluding carboxylic acids is 2. The van der Waals surface area contributed by atoms with Gasteiger partial charge in [-0.05, 0) is 38.5 Å². The lowest BCUT2D eigenvalue weighted by Crippen LogP contribution is -2.64. The molecule has 6 unspecified atom stereocenters. The number of phosphoric acid groups is 1. The Morgan fingerprint density at radius 3 is 1.38 bits per heavy atom. The van der Waals surface area contributed by atoms with Gasteiger partial charge in [0.25, 0.3) is 0 Å². The third-order valence-corrected chi connectivity index (χ3v) is 11.1. The first-order valence-corrected chi connectivity index (χ1v) is 23.0. The second-order valence-corrected chi connectivity index (χ2v) is 16.6. The van der Waals surface area contributed by atoms with E-state index in [-0.39, 0.29) is 12.8 Å². The molecule has 0 radical (unpaired) electrons. The van der Waals surface area contributed by atoms with Crippen LogP contribution >= 0.6 is 7.82 Å². The molecule has 1 aliphatic carbocycles. The van der Waals surface area contributed by atoms with Crippen molar-refractivity contribution >= 4 is 19.8 Å². The fourth-order valence-corrected chi connectivity index (χ4v) is 7.55. The van der Waals surface area contributed by atoms with Gasteiger partial charge in [0, 0.05) is 12.8 Å². The summed E-state index contributed by atoms with van der Waals surface area (Å²) in [6.45, 7) is 3.27. The number of hydrogen-bond donors (Lipinski definition) is 6. The van der Waals surface area contributed by atoms with Gasteiger partial charge in [-0.15, -0.1) is 0 Å². The Balaban J connectivity index is 2.50. The molecule has 13 nitrogen and oxygen atoms in total. The van der Waals surface area contributed by atoms with Crippen LogP contribution in [0.1, 0.15) is 181 Å². The molecule has 1 saturated carbocycles. The van der Waals surface area contributed by atoms with Gasteiger partial charge in [-0.2, -0.15) is 0 Å². The van der Waals surface area contributed by atoms with E-state index in [0.29, 0.717) is 12.8 Å². The minimum atomic E-state index is -5.11. The molecule has 0 heterocycles. The molecule has 0 aromatic heterocycles. The quantitative estimate of drug-likeness (QED) is 0.0159. The molecule has 1 aliphatic rings. The first kappa shape index (κ1) is 51.6. The Morgan fingerprint density at radius 1 is 0.545 bits per heavy atom. The number of ether oxygens (including phenoxy) is 2. The van der Waals surface area contributed by atoms with Crippen molar-refractivity contribution in [2.24, 2.45) is 0 Å². The Bertz CT molecular complexity index is 1030. The predicted octanol–water partition coefficient (Wildman–Crippen LogP) is 7.50. The van der Waals surface area contributed by atoms with Gasteiger partial charge < -0.3 is 39.9 Å². The van der Waals surface area contributed by atoms with Crippen LogP contribution in [0.5, 0.6) is 0 Å². The molecule has 0 aliphatic heterocycles.